The van der Waals surface area contributed by atoms with E-state index in [9.17, 15) is 19.5 Å². The lowest BCUT2D eigenvalue weighted by molar-refractivity contribution is -0.870. The second kappa shape index (κ2) is 70.8. The van der Waals surface area contributed by atoms with E-state index >= 15 is 0 Å². The van der Waals surface area contributed by atoms with Crippen LogP contribution in [-0.2, 0) is 33.3 Å². The number of rotatable bonds is 69. The summed E-state index contributed by atoms with van der Waals surface area (Å²) in [6.07, 6.45) is 96.8. The molecule has 2 unspecified atom stereocenters. The van der Waals surface area contributed by atoms with Gasteiger partial charge in [-0.05, 0) is 77.0 Å². The molecule has 0 aromatic heterocycles. The van der Waals surface area contributed by atoms with Crippen molar-refractivity contribution in [2.75, 3.05) is 47.5 Å². The van der Waals surface area contributed by atoms with E-state index in [0.29, 0.717) is 23.9 Å². The van der Waals surface area contributed by atoms with Crippen molar-refractivity contribution in [1.29, 1.82) is 0 Å². The lowest BCUT2D eigenvalue weighted by Crippen LogP contribution is -2.40. The number of ether oxygens (including phenoxy) is 4. The predicted octanol–water partition coefficient (Wildman–Crippen LogP) is 23.8. The zero-order valence-electron chi connectivity index (χ0n) is 59.3. The first-order valence-corrected chi connectivity index (χ1v) is 37.6. The standard InChI is InChI=1S/C81H141NO8/c1-6-8-10-12-14-16-18-20-22-24-26-28-30-32-34-36-37-38-39-40-41-42-44-45-47-49-51-53-55-57-59-61-63-65-67-69-71-78(83)88-75-77(76-89-81(80(85)86)87-74-73-82(3,4)5)90-79(84)72-70-68-66-64-62-60-58-56-54-52-50-48-46-43-35-33-31-29-27-25-23-21-19-17-15-13-11-9-7-2/h9,11,15,17,21,23,27,29,33,35,46,48,52,54,58,60,64,66,77,81H,6-8,10,12-14,16,18-20,22,24-26,28,30-32,34,36-45,47,49-51,53,55-57,59,61-63,65,67-76H2,1-5H3/p+1/b11-9-,17-15-,23-21-,29-27-,35-33-,48-46-,54-52-,60-58-,66-64-. The van der Waals surface area contributed by atoms with Gasteiger partial charge in [0.05, 0.1) is 34.4 Å². The second-order valence-corrected chi connectivity index (χ2v) is 26.2. The summed E-state index contributed by atoms with van der Waals surface area (Å²) in [6, 6.07) is 0. The molecular formula is C81H142NO8+. The van der Waals surface area contributed by atoms with Crippen molar-refractivity contribution in [3.05, 3.63) is 109 Å². The van der Waals surface area contributed by atoms with Crippen LogP contribution >= 0.6 is 0 Å². The summed E-state index contributed by atoms with van der Waals surface area (Å²) in [5.41, 5.74) is 0. The van der Waals surface area contributed by atoms with Crippen LogP contribution in [-0.4, -0.2) is 87.4 Å². The highest BCUT2D eigenvalue weighted by atomic mass is 16.7. The fraction of sp³-hybridized carbons (Fsp3) is 0.741. The first-order valence-electron chi connectivity index (χ1n) is 37.6. The van der Waals surface area contributed by atoms with Crippen molar-refractivity contribution >= 4 is 17.9 Å². The number of hydrogen-bond donors (Lipinski definition) is 1. The number of carboxylic acids is 1. The molecule has 0 aliphatic heterocycles. The summed E-state index contributed by atoms with van der Waals surface area (Å²) in [7, 11) is 5.96. The minimum Gasteiger partial charge on any atom is -0.477 e. The number of esters is 2. The Morgan fingerprint density at radius 1 is 0.344 bits per heavy atom. The van der Waals surface area contributed by atoms with Crippen molar-refractivity contribution < 1.29 is 42.9 Å². The third-order valence-electron chi connectivity index (χ3n) is 16.3. The van der Waals surface area contributed by atoms with Crippen molar-refractivity contribution in [2.45, 2.75) is 341 Å². The van der Waals surface area contributed by atoms with E-state index < -0.39 is 24.3 Å². The second-order valence-electron chi connectivity index (χ2n) is 26.2. The Labute approximate surface area is 555 Å². The molecule has 1 N–H and O–H groups in total. The Bertz CT molecular complexity index is 1850. The lowest BCUT2D eigenvalue weighted by Gasteiger charge is -2.25. The molecule has 0 aromatic rings. The van der Waals surface area contributed by atoms with Crippen LogP contribution in [0.4, 0.5) is 0 Å². The number of allylic oxidation sites excluding steroid dienone is 18. The molecule has 0 aliphatic rings. The Morgan fingerprint density at radius 3 is 0.933 bits per heavy atom. The molecule has 0 heterocycles. The monoisotopic (exact) mass is 1260 g/mol. The molecule has 0 saturated heterocycles. The zero-order valence-corrected chi connectivity index (χ0v) is 59.3. The SMILES string of the molecule is CC/C=C\C/C=C\C/C=C\C/C=C\C/C=C\C/C=C\C/C=C\C/C=C\C/C=C\CCCC(=O)OC(COC(=O)CCCCCCCCCCCCCCCCCCCCCCCCCCCCCCCCCCCCCC)COC(OCC[N+](C)(C)C)C(=O)O. The summed E-state index contributed by atoms with van der Waals surface area (Å²) >= 11 is 0. The molecule has 0 bridgehead atoms. The molecule has 0 spiro atoms. The van der Waals surface area contributed by atoms with Gasteiger partial charge in [0, 0.05) is 12.8 Å². The van der Waals surface area contributed by atoms with Gasteiger partial charge in [-0.2, -0.15) is 0 Å². The number of hydrogen-bond acceptors (Lipinski definition) is 7. The molecule has 9 heteroatoms. The number of carbonyl (C=O) groups excluding carboxylic acids is 2. The molecule has 518 valence electrons. The molecule has 0 saturated carbocycles. The van der Waals surface area contributed by atoms with Crippen molar-refractivity contribution in [1.82, 2.24) is 0 Å². The van der Waals surface area contributed by atoms with Crippen LogP contribution in [0.15, 0.2) is 109 Å². The topological polar surface area (TPSA) is 108 Å². The first-order chi connectivity index (χ1) is 44.1. The third-order valence-corrected chi connectivity index (χ3v) is 16.3. The van der Waals surface area contributed by atoms with Crippen LogP contribution in [0.25, 0.3) is 0 Å². The lowest BCUT2D eigenvalue weighted by atomic mass is 10.0. The summed E-state index contributed by atoms with van der Waals surface area (Å²) in [4.78, 5) is 37.6. The molecule has 2 atom stereocenters. The van der Waals surface area contributed by atoms with Crippen LogP contribution < -0.4 is 0 Å². The minimum absolute atomic E-state index is 0.172. The predicted molar refractivity (Wildman–Crippen MR) is 387 cm³/mol. The summed E-state index contributed by atoms with van der Waals surface area (Å²) in [6.45, 7) is 4.73. The average molecular weight is 1260 g/mol. The van der Waals surface area contributed by atoms with Crippen LogP contribution in [0, 0.1) is 0 Å². The Morgan fingerprint density at radius 2 is 0.633 bits per heavy atom. The van der Waals surface area contributed by atoms with Crippen molar-refractivity contribution in [3.63, 3.8) is 0 Å². The molecule has 9 nitrogen and oxygen atoms in total. The summed E-state index contributed by atoms with van der Waals surface area (Å²) < 4.78 is 22.9. The smallest absolute Gasteiger partial charge is 0.361 e. The minimum atomic E-state index is -1.53. The van der Waals surface area contributed by atoms with E-state index in [4.69, 9.17) is 18.9 Å². The maximum Gasteiger partial charge on any atom is 0.361 e. The van der Waals surface area contributed by atoms with Crippen LogP contribution in [0.1, 0.15) is 328 Å². The summed E-state index contributed by atoms with van der Waals surface area (Å²) in [5, 5.41) is 9.75. The van der Waals surface area contributed by atoms with E-state index in [1.165, 1.54) is 212 Å². The fourth-order valence-corrected chi connectivity index (χ4v) is 10.6. The number of quaternary nitrogens is 1. The highest BCUT2D eigenvalue weighted by Gasteiger charge is 2.25. The molecular weight excluding hydrogens is 1110 g/mol. The number of likely N-dealkylation sites (N-methyl/N-ethyl adjacent to an activating group) is 1. The van der Waals surface area contributed by atoms with Gasteiger partial charge in [0.1, 0.15) is 13.2 Å². The molecule has 0 radical (unpaired) electrons. The van der Waals surface area contributed by atoms with Gasteiger partial charge in [-0.15, -0.1) is 0 Å². The van der Waals surface area contributed by atoms with E-state index in [0.717, 1.165) is 77.0 Å². The maximum atomic E-state index is 12.9. The van der Waals surface area contributed by atoms with Crippen LogP contribution in [0.5, 0.6) is 0 Å². The van der Waals surface area contributed by atoms with Gasteiger partial charge < -0.3 is 28.5 Å². The van der Waals surface area contributed by atoms with Crippen LogP contribution in [0.2, 0.25) is 0 Å². The molecule has 0 fully saturated rings. The Kier molecular flexibility index (Phi) is 67.6. The Hall–Kier alpha value is -4.05. The summed E-state index contributed by atoms with van der Waals surface area (Å²) in [5.74, 6) is -2.08. The maximum absolute atomic E-state index is 12.9. The van der Waals surface area contributed by atoms with Crippen molar-refractivity contribution in [3.8, 4) is 0 Å². The van der Waals surface area contributed by atoms with Gasteiger partial charge in [0.2, 0.25) is 0 Å². The van der Waals surface area contributed by atoms with Crippen molar-refractivity contribution in [2.24, 2.45) is 0 Å². The highest BCUT2D eigenvalue weighted by molar-refractivity contribution is 5.71. The molecule has 0 aromatic carbocycles. The quantitative estimate of drug-likeness (QED) is 0.0211. The number of carbonyl (C=O) groups is 3. The molecule has 0 aliphatic carbocycles. The largest absolute Gasteiger partial charge is 0.477 e. The number of aliphatic carboxylic acids is 1. The third kappa shape index (κ3) is 71.4. The molecule has 0 rings (SSSR count). The van der Waals surface area contributed by atoms with Gasteiger partial charge >= 0.3 is 17.9 Å². The number of carboxylic acid groups (broad SMARTS) is 1. The highest BCUT2D eigenvalue weighted by Crippen LogP contribution is 2.19. The molecule has 90 heavy (non-hydrogen) atoms. The number of nitrogens with zero attached hydrogens (tertiary/aromatic N) is 1. The van der Waals surface area contributed by atoms with Gasteiger partial charge in [0.15, 0.2) is 6.10 Å². The average Bonchev–Trinajstić information content (AvgIpc) is 3.74. The van der Waals surface area contributed by atoms with E-state index in [-0.39, 0.29) is 38.6 Å². The normalized spacial score (nSPS) is 13.3. The van der Waals surface area contributed by atoms with Gasteiger partial charge in [-0.25, -0.2) is 4.79 Å². The number of unbranched alkanes of at least 4 members (excludes halogenated alkanes) is 36. The zero-order chi connectivity index (χ0) is 65.4. The van der Waals surface area contributed by atoms with E-state index in [2.05, 4.69) is 123 Å². The van der Waals surface area contributed by atoms with Gasteiger partial charge in [-0.3, -0.25) is 9.59 Å². The molecule has 0 amide bonds. The fourth-order valence-electron chi connectivity index (χ4n) is 10.6. The Balaban J connectivity index is 4.12. The van der Waals surface area contributed by atoms with Gasteiger partial charge in [-0.1, -0.05) is 348 Å². The van der Waals surface area contributed by atoms with Gasteiger partial charge in [0.25, 0.3) is 6.29 Å². The first kappa shape index (κ1) is 85.9. The van der Waals surface area contributed by atoms with E-state index in [1.807, 2.05) is 21.1 Å². The van der Waals surface area contributed by atoms with E-state index in [1.54, 1.807) is 0 Å². The van der Waals surface area contributed by atoms with Crippen LogP contribution in [0.3, 0.4) is 0 Å².